The molecular formula is C18H15ClN4O3. The monoisotopic (exact) mass is 370 g/mol. The van der Waals surface area contributed by atoms with E-state index in [2.05, 4.69) is 15.4 Å². The van der Waals surface area contributed by atoms with Gasteiger partial charge in [0.2, 0.25) is 5.91 Å². The van der Waals surface area contributed by atoms with Crippen molar-refractivity contribution in [3.8, 4) is 17.0 Å². The fourth-order valence-corrected chi connectivity index (χ4v) is 2.47. The van der Waals surface area contributed by atoms with Crippen molar-refractivity contribution in [2.45, 2.75) is 6.54 Å². The number of amides is 1. The van der Waals surface area contributed by atoms with Crippen LogP contribution < -0.4 is 15.7 Å². The molecule has 0 bridgehead atoms. The number of carbonyl (C=O) groups is 1. The lowest BCUT2D eigenvalue weighted by molar-refractivity contribution is -0.117. The summed E-state index contributed by atoms with van der Waals surface area (Å²) in [5, 5.41) is 7.18. The summed E-state index contributed by atoms with van der Waals surface area (Å²) in [6, 6.07) is 13.8. The van der Waals surface area contributed by atoms with Crippen molar-refractivity contribution in [2.24, 2.45) is 0 Å². The Kier molecular flexibility index (Phi) is 5.28. The number of carbonyl (C=O) groups excluding carboxylic acids is 1. The molecule has 0 saturated heterocycles. The number of methoxy groups -OCH3 is 1. The first kappa shape index (κ1) is 17.6. The standard InChI is InChI=1S/C18H15ClN4O3/c1-26-15-7-5-12(6-8-15)16-10-20-23(18(25)22-16)11-17(24)21-14-4-2-3-13(19)9-14/h2-10H,11H2,1H3,(H,21,24). The third-order valence-electron chi connectivity index (χ3n) is 3.54. The van der Waals surface area contributed by atoms with Gasteiger partial charge in [-0.2, -0.15) is 10.1 Å². The molecule has 0 atom stereocenters. The van der Waals surface area contributed by atoms with Gasteiger partial charge in [-0.25, -0.2) is 9.48 Å². The quantitative estimate of drug-likeness (QED) is 0.746. The fraction of sp³-hybridized carbons (Fsp3) is 0.111. The highest BCUT2D eigenvalue weighted by Crippen LogP contribution is 2.19. The minimum Gasteiger partial charge on any atom is -0.497 e. The molecule has 0 saturated carbocycles. The molecule has 132 valence electrons. The molecule has 0 spiro atoms. The average molecular weight is 371 g/mol. The Morgan fingerprint density at radius 3 is 2.65 bits per heavy atom. The van der Waals surface area contributed by atoms with Crippen LogP contribution in [0.3, 0.4) is 0 Å². The summed E-state index contributed by atoms with van der Waals surface area (Å²) in [6.45, 7) is -0.249. The van der Waals surface area contributed by atoms with Gasteiger partial charge in [0.1, 0.15) is 12.3 Å². The van der Waals surface area contributed by atoms with E-state index in [1.54, 1.807) is 55.6 Å². The summed E-state index contributed by atoms with van der Waals surface area (Å²) in [5.74, 6) is 0.300. The number of nitrogens with one attached hydrogen (secondary N) is 1. The van der Waals surface area contributed by atoms with E-state index in [0.717, 1.165) is 10.2 Å². The van der Waals surface area contributed by atoms with Gasteiger partial charge in [-0.1, -0.05) is 17.7 Å². The van der Waals surface area contributed by atoms with Crippen molar-refractivity contribution in [1.29, 1.82) is 0 Å². The van der Waals surface area contributed by atoms with Crippen LogP contribution in [0.4, 0.5) is 5.69 Å². The SMILES string of the molecule is COc1ccc(-c2cnn(CC(=O)Nc3cccc(Cl)c3)c(=O)n2)cc1. The third-order valence-corrected chi connectivity index (χ3v) is 3.78. The maximum absolute atomic E-state index is 12.1. The maximum Gasteiger partial charge on any atom is 0.365 e. The van der Waals surface area contributed by atoms with Crippen LogP contribution in [0, 0.1) is 0 Å². The summed E-state index contributed by atoms with van der Waals surface area (Å²) < 4.78 is 6.09. The molecule has 0 unspecified atom stereocenters. The van der Waals surface area contributed by atoms with Crippen LogP contribution in [-0.4, -0.2) is 27.8 Å². The van der Waals surface area contributed by atoms with Gasteiger partial charge in [-0.3, -0.25) is 4.79 Å². The number of halogens is 1. The van der Waals surface area contributed by atoms with E-state index in [0.29, 0.717) is 22.2 Å². The van der Waals surface area contributed by atoms with E-state index < -0.39 is 11.6 Å². The van der Waals surface area contributed by atoms with Crippen molar-refractivity contribution in [3.05, 3.63) is 70.2 Å². The Hall–Kier alpha value is -3.19. The van der Waals surface area contributed by atoms with E-state index in [9.17, 15) is 9.59 Å². The second kappa shape index (κ2) is 7.79. The van der Waals surface area contributed by atoms with Crippen molar-refractivity contribution in [1.82, 2.24) is 14.8 Å². The number of benzene rings is 2. The number of ether oxygens (including phenoxy) is 1. The Morgan fingerprint density at radius 1 is 1.23 bits per heavy atom. The van der Waals surface area contributed by atoms with Crippen LogP contribution >= 0.6 is 11.6 Å². The van der Waals surface area contributed by atoms with E-state index >= 15 is 0 Å². The van der Waals surface area contributed by atoms with Crippen molar-refractivity contribution in [3.63, 3.8) is 0 Å². The summed E-state index contributed by atoms with van der Waals surface area (Å²) in [5.41, 5.74) is 1.08. The smallest absolute Gasteiger partial charge is 0.365 e. The van der Waals surface area contributed by atoms with Crippen LogP contribution in [0.2, 0.25) is 5.02 Å². The average Bonchev–Trinajstić information content (AvgIpc) is 2.63. The Bertz CT molecular complexity index is 986. The highest BCUT2D eigenvalue weighted by atomic mass is 35.5. The Balaban J connectivity index is 1.73. The molecule has 7 nitrogen and oxygen atoms in total. The number of rotatable bonds is 5. The molecule has 1 aromatic heterocycles. The van der Waals surface area contributed by atoms with Gasteiger partial charge in [0, 0.05) is 16.3 Å². The van der Waals surface area contributed by atoms with Gasteiger partial charge in [-0.05, 0) is 42.5 Å². The molecule has 1 N–H and O–H groups in total. The second-order valence-electron chi connectivity index (χ2n) is 5.37. The zero-order valence-corrected chi connectivity index (χ0v) is 14.6. The van der Waals surface area contributed by atoms with E-state index in [-0.39, 0.29) is 6.54 Å². The summed E-state index contributed by atoms with van der Waals surface area (Å²) in [7, 11) is 1.57. The predicted molar refractivity (Wildman–Crippen MR) is 98.4 cm³/mol. The van der Waals surface area contributed by atoms with Crippen LogP contribution in [-0.2, 0) is 11.3 Å². The van der Waals surface area contributed by atoms with Crippen LogP contribution in [0.5, 0.6) is 5.75 Å². The van der Waals surface area contributed by atoms with Gasteiger partial charge in [0.15, 0.2) is 0 Å². The minimum absolute atomic E-state index is 0.249. The largest absolute Gasteiger partial charge is 0.497 e. The molecule has 8 heteroatoms. The van der Waals surface area contributed by atoms with Crippen LogP contribution in [0.1, 0.15) is 0 Å². The summed E-state index contributed by atoms with van der Waals surface area (Å²) in [6.07, 6.45) is 1.44. The number of nitrogens with zero attached hydrogens (tertiary/aromatic N) is 3. The molecular weight excluding hydrogens is 356 g/mol. The molecule has 0 aliphatic heterocycles. The first-order chi connectivity index (χ1) is 12.5. The van der Waals surface area contributed by atoms with Crippen LogP contribution in [0.15, 0.2) is 59.5 Å². The molecule has 1 amide bonds. The lowest BCUT2D eigenvalue weighted by Gasteiger charge is -2.07. The zero-order chi connectivity index (χ0) is 18.5. The highest BCUT2D eigenvalue weighted by molar-refractivity contribution is 6.30. The minimum atomic E-state index is -0.612. The number of aromatic nitrogens is 3. The molecule has 0 radical (unpaired) electrons. The lowest BCUT2D eigenvalue weighted by atomic mass is 10.1. The van der Waals surface area contributed by atoms with Crippen molar-refractivity contribution in [2.75, 3.05) is 12.4 Å². The van der Waals surface area contributed by atoms with E-state index in [4.69, 9.17) is 16.3 Å². The number of hydrogen-bond donors (Lipinski definition) is 1. The third kappa shape index (κ3) is 4.25. The molecule has 26 heavy (non-hydrogen) atoms. The number of anilines is 1. The van der Waals surface area contributed by atoms with Gasteiger partial charge in [0.25, 0.3) is 0 Å². The summed E-state index contributed by atoms with van der Waals surface area (Å²) in [4.78, 5) is 28.2. The van der Waals surface area contributed by atoms with Gasteiger partial charge in [0.05, 0.1) is 19.0 Å². The maximum atomic E-state index is 12.1. The Labute approximate surface area is 154 Å². The molecule has 0 aliphatic rings. The number of hydrogen-bond acceptors (Lipinski definition) is 5. The van der Waals surface area contributed by atoms with Gasteiger partial charge >= 0.3 is 5.69 Å². The molecule has 3 aromatic rings. The highest BCUT2D eigenvalue weighted by Gasteiger charge is 2.09. The molecule has 2 aromatic carbocycles. The molecule has 3 rings (SSSR count). The molecule has 0 fully saturated rings. The first-order valence-corrected chi connectivity index (χ1v) is 8.07. The van der Waals surface area contributed by atoms with E-state index in [1.807, 2.05) is 0 Å². The van der Waals surface area contributed by atoms with Crippen LogP contribution in [0.25, 0.3) is 11.3 Å². The molecule has 0 aliphatic carbocycles. The van der Waals surface area contributed by atoms with Gasteiger partial charge in [-0.15, -0.1) is 0 Å². The predicted octanol–water partition coefficient (Wildman–Crippen LogP) is 2.61. The normalized spacial score (nSPS) is 10.4. The topological polar surface area (TPSA) is 86.1 Å². The van der Waals surface area contributed by atoms with Crippen molar-refractivity contribution < 1.29 is 9.53 Å². The lowest BCUT2D eigenvalue weighted by Crippen LogP contribution is -2.31. The fourth-order valence-electron chi connectivity index (χ4n) is 2.28. The van der Waals surface area contributed by atoms with Gasteiger partial charge < -0.3 is 10.1 Å². The molecule has 1 heterocycles. The van der Waals surface area contributed by atoms with E-state index in [1.165, 1.54) is 6.20 Å². The summed E-state index contributed by atoms with van der Waals surface area (Å²) >= 11 is 5.87. The second-order valence-corrected chi connectivity index (χ2v) is 5.81. The first-order valence-electron chi connectivity index (χ1n) is 7.69. The zero-order valence-electron chi connectivity index (χ0n) is 13.8. The van der Waals surface area contributed by atoms with Crippen molar-refractivity contribution >= 4 is 23.2 Å². The Morgan fingerprint density at radius 2 is 2.00 bits per heavy atom.